The van der Waals surface area contributed by atoms with Gasteiger partial charge in [-0.3, -0.25) is 18.9 Å². The van der Waals surface area contributed by atoms with Crippen molar-refractivity contribution in [2.75, 3.05) is 43.1 Å². The number of aliphatic imine (C=N–C) groups is 1. The van der Waals surface area contributed by atoms with Gasteiger partial charge in [-0.25, -0.2) is 8.42 Å². The molecule has 1 aliphatic rings. The zero-order valence-electron chi connectivity index (χ0n) is 21.8. The molecule has 0 saturated heterocycles. The molecule has 1 heterocycles. The van der Waals surface area contributed by atoms with E-state index in [0.29, 0.717) is 52.0 Å². The molecular formula is C28H29ClN4O5S. The number of carboxylic acid groups (broad SMARTS) is 1. The average molecular weight is 569 g/mol. The first-order chi connectivity index (χ1) is 18.4. The number of carbonyl (C=O) groups is 2. The number of carbonyl (C=O) groups excluding carboxylic acids is 1. The van der Waals surface area contributed by atoms with Crippen molar-refractivity contribution in [2.45, 2.75) is 12.3 Å². The Morgan fingerprint density at radius 2 is 1.69 bits per heavy atom. The average Bonchev–Trinajstić information content (AvgIpc) is 3.17. The fraction of sp³-hybridized carbons (Fsp3) is 0.250. The van der Waals surface area contributed by atoms with Crippen LogP contribution in [0.5, 0.6) is 0 Å². The summed E-state index contributed by atoms with van der Waals surface area (Å²) < 4.78 is 26.2. The second-order valence-electron chi connectivity index (χ2n) is 9.57. The second-order valence-corrected chi connectivity index (χ2v) is 11.9. The molecule has 2 N–H and O–H groups in total. The molecule has 39 heavy (non-hydrogen) atoms. The maximum Gasteiger partial charge on any atom is 0.307 e. The van der Waals surface area contributed by atoms with Gasteiger partial charge in [-0.05, 0) is 67.2 Å². The first kappa shape index (κ1) is 28.3. The summed E-state index contributed by atoms with van der Waals surface area (Å²) in [7, 11) is 0.251. The van der Waals surface area contributed by atoms with E-state index < -0.39 is 21.9 Å². The Bertz CT molecular complexity index is 1520. The van der Waals surface area contributed by atoms with Gasteiger partial charge in [0.05, 0.1) is 29.8 Å². The molecule has 0 saturated carbocycles. The largest absolute Gasteiger partial charge is 0.481 e. The van der Waals surface area contributed by atoms with Crippen molar-refractivity contribution < 1.29 is 23.1 Å². The summed E-state index contributed by atoms with van der Waals surface area (Å²) in [6.07, 6.45) is 1.05. The van der Waals surface area contributed by atoms with Gasteiger partial charge in [0.15, 0.2) is 0 Å². The summed E-state index contributed by atoms with van der Waals surface area (Å²) in [4.78, 5) is 31.0. The van der Waals surface area contributed by atoms with Crippen molar-refractivity contribution in [2.24, 2.45) is 4.99 Å². The molecule has 0 spiro atoms. The number of nitrogens with one attached hydrogen (secondary N) is 1. The maximum absolute atomic E-state index is 13.2. The van der Waals surface area contributed by atoms with E-state index >= 15 is 0 Å². The minimum atomic E-state index is -3.50. The van der Waals surface area contributed by atoms with E-state index in [9.17, 15) is 18.0 Å². The highest BCUT2D eigenvalue weighted by Crippen LogP contribution is 2.38. The molecule has 0 fully saturated rings. The van der Waals surface area contributed by atoms with Crippen LogP contribution in [0, 0.1) is 0 Å². The first-order valence-corrected chi connectivity index (χ1v) is 14.4. The Kier molecular flexibility index (Phi) is 8.39. The molecule has 0 aliphatic carbocycles. The molecule has 0 aromatic heterocycles. The van der Waals surface area contributed by atoms with Crippen LogP contribution in [-0.4, -0.2) is 69.5 Å². The summed E-state index contributed by atoms with van der Waals surface area (Å²) >= 11 is 6.14. The van der Waals surface area contributed by atoms with E-state index in [1.165, 1.54) is 10.6 Å². The van der Waals surface area contributed by atoms with Crippen LogP contribution in [0.4, 0.5) is 17.1 Å². The van der Waals surface area contributed by atoms with Gasteiger partial charge in [-0.15, -0.1) is 0 Å². The van der Waals surface area contributed by atoms with Gasteiger partial charge < -0.3 is 15.3 Å². The maximum atomic E-state index is 13.2. The third kappa shape index (κ3) is 6.83. The third-order valence-corrected chi connectivity index (χ3v) is 7.69. The Morgan fingerprint density at radius 1 is 1.03 bits per heavy atom. The van der Waals surface area contributed by atoms with Crippen molar-refractivity contribution in [3.8, 4) is 0 Å². The van der Waals surface area contributed by atoms with Crippen LogP contribution >= 0.6 is 11.6 Å². The number of carboxylic acids is 1. The standard InChI is InChI=1S/C28H29ClN4O5S/c1-32(2)14-15-33(39(3,37)38)22-11-9-21(10-12-22)30-27(19-6-4-18(5-7-19)16-25(34)35)26-23-13-8-20(29)17-24(23)31-28(26)36/h4-13,17,26H,14-16H2,1-3H3,(H,31,36)(H,34,35). The van der Waals surface area contributed by atoms with Gasteiger partial charge in [-0.2, -0.15) is 0 Å². The van der Waals surface area contributed by atoms with E-state index in [4.69, 9.17) is 21.7 Å². The summed E-state index contributed by atoms with van der Waals surface area (Å²) in [5.74, 6) is -1.93. The van der Waals surface area contributed by atoms with Gasteiger partial charge in [-0.1, -0.05) is 41.9 Å². The third-order valence-electron chi connectivity index (χ3n) is 6.26. The van der Waals surface area contributed by atoms with Gasteiger partial charge in [0, 0.05) is 23.8 Å². The zero-order valence-corrected chi connectivity index (χ0v) is 23.3. The Hall–Kier alpha value is -3.73. The molecule has 11 heteroatoms. The molecule has 3 aromatic carbocycles. The predicted molar refractivity (Wildman–Crippen MR) is 154 cm³/mol. The highest BCUT2D eigenvalue weighted by Gasteiger charge is 2.35. The van der Waals surface area contributed by atoms with Crippen LogP contribution in [0.2, 0.25) is 5.02 Å². The number of rotatable bonds is 10. The summed E-state index contributed by atoms with van der Waals surface area (Å²) in [5, 5.41) is 12.5. The lowest BCUT2D eigenvalue weighted by Crippen LogP contribution is -2.35. The molecule has 1 unspecified atom stereocenters. The Morgan fingerprint density at radius 3 is 2.28 bits per heavy atom. The van der Waals surface area contributed by atoms with Crippen LogP contribution in [0.3, 0.4) is 0 Å². The molecule has 1 amide bonds. The van der Waals surface area contributed by atoms with Crippen LogP contribution in [0.1, 0.15) is 22.6 Å². The molecule has 4 rings (SSSR count). The number of anilines is 2. The van der Waals surface area contributed by atoms with E-state index in [1.54, 1.807) is 66.7 Å². The zero-order chi connectivity index (χ0) is 28.3. The van der Waals surface area contributed by atoms with Gasteiger partial charge in [0.2, 0.25) is 15.9 Å². The number of sulfonamides is 1. The topological polar surface area (TPSA) is 119 Å². The molecule has 1 atom stereocenters. The van der Waals surface area contributed by atoms with Crippen LogP contribution < -0.4 is 9.62 Å². The molecule has 3 aromatic rings. The molecule has 9 nitrogen and oxygen atoms in total. The SMILES string of the molecule is CN(C)CCN(c1ccc(N=C(c2ccc(CC(=O)O)cc2)C2C(=O)Nc3cc(Cl)ccc32)cc1)S(C)(=O)=O. The number of halogens is 1. The number of hydrogen-bond donors (Lipinski definition) is 2. The number of benzene rings is 3. The Balaban J connectivity index is 1.76. The van der Waals surface area contributed by atoms with Crippen molar-refractivity contribution in [3.63, 3.8) is 0 Å². The van der Waals surface area contributed by atoms with E-state index in [-0.39, 0.29) is 12.3 Å². The molecule has 1 aliphatic heterocycles. The number of nitrogens with zero attached hydrogens (tertiary/aromatic N) is 3. The normalized spacial score (nSPS) is 15.3. The van der Waals surface area contributed by atoms with Crippen LogP contribution in [0.25, 0.3) is 0 Å². The van der Waals surface area contributed by atoms with Gasteiger partial charge in [0.25, 0.3) is 0 Å². The Labute approximate surface area is 232 Å². The van der Waals surface area contributed by atoms with Gasteiger partial charge in [0.1, 0.15) is 5.92 Å². The summed E-state index contributed by atoms with van der Waals surface area (Å²) in [6, 6.07) is 18.9. The molecule has 0 bridgehead atoms. The highest BCUT2D eigenvalue weighted by molar-refractivity contribution is 7.92. The minimum Gasteiger partial charge on any atom is -0.481 e. The first-order valence-electron chi connectivity index (χ1n) is 12.1. The van der Waals surface area contributed by atoms with E-state index in [1.807, 2.05) is 19.0 Å². The number of likely N-dealkylation sites (N-methyl/N-ethyl adjacent to an activating group) is 1. The quantitative estimate of drug-likeness (QED) is 0.355. The summed E-state index contributed by atoms with van der Waals surface area (Å²) in [5.41, 5.74) is 4.11. The van der Waals surface area contributed by atoms with E-state index in [0.717, 1.165) is 5.56 Å². The van der Waals surface area contributed by atoms with Crippen molar-refractivity contribution in [3.05, 3.63) is 88.4 Å². The summed E-state index contributed by atoms with van der Waals surface area (Å²) in [6.45, 7) is 0.846. The fourth-order valence-corrected chi connectivity index (χ4v) is 5.47. The minimum absolute atomic E-state index is 0.121. The number of hydrogen-bond acceptors (Lipinski definition) is 6. The monoisotopic (exact) mass is 568 g/mol. The fourth-order valence-electron chi connectivity index (χ4n) is 4.38. The molecule has 0 radical (unpaired) electrons. The molecular weight excluding hydrogens is 540 g/mol. The van der Waals surface area contributed by atoms with Crippen molar-refractivity contribution >= 4 is 56.3 Å². The van der Waals surface area contributed by atoms with Gasteiger partial charge >= 0.3 is 5.97 Å². The van der Waals surface area contributed by atoms with Crippen LogP contribution in [-0.2, 0) is 26.0 Å². The van der Waals surface area contributed by atoms with Crippen LogP contribution in [0.15, 0.2) is 71.7 Å². The number of aliphatic carboxylic acids is 1. The number of amides is 1. The smallest absolute Gasteiger partial charge is 0.307 e. The van der Waals surface area contributed by atoms with Crippen molar-refractivity contribution in [1.29, 1.82) is 0 Å². The lowest BCUT2D eigenvalue weighted by Gasteiger charge is -2.24. The lowest BCUT2D eigenvalue weighted by molar-refractivity contribution is -0.136. The lowest BCUT2D eigenvalue weighted by atomic mass is 9.90. The highest BCUT2D eigenvalue weighted by atomic mass is 35.5. The predicted octanol–water partition coefficient (Wildman–Crippen LogP) is 4.15. The number of fused-ring (bicyclic) bond motifs is 1. The van der Waals surface area contributed by atoms with E-state index in [2.05, 4.69) is 5.32 Å². The van der Waals surface area contributed by atoms with Crippen molar-refractivity contribution in [1.82, 2.24) is 4.90 Å². The molecule has 204 valence electrons. The second kappa shape index (κ2) is 11.6.